The van der Waals surface area contributed by atoms with Crippen molar-refractivity contribution in [1.29, 1.82) is 0 Å². The summed E-state index contributed by atoms with van der Waals surface area (Å²) in [5, 5.41) is 1.11. The van der Waals surface area contributed by atoms with Crippen LogP contribution in [0, 0.1) is 0 Å². The Morgan fingerprint density at radius 3 is 2.71 bits per heavy atom. The average molecular weight is 359 g/mol. The quantitative estimate of drug-likeness (QED) is 0.641. The van der Waals surface area contributed by atoms with Gasteiger partial charge in [-0.2, -0.15) is 0 Å². The van der Waals surface area contributed by atoms with Crippen LogP contribution in [0.25, 0.3) is 5.69 Å². The van der Waals surface area contributed by atoms with E-state index in [9.17, 15) is 4.79 Å². The minimum atomic E-state index is -0.181. The van der Waals surface area contributed by atoms with Crippen LogP contribution in [0.4, 0.5) is 0 Å². The van der Waals surface area contributed by atoms with Crippen molar-refractivity contribution in [3.8, 4) is 11.4 Å². The molecule has 4 nitrogen and oxygen atoms in total. The van der Waals surface area contributed by atoms with Gasteiger partial charge in [0.15, 0.2) is 5.03 Å². The van der Waals surface area contributed by atoms with Gasteiger partial charge in [-0.1, -0.05) is 53.7 Å². The zero-order valence-electron chi connectivity index (χ0n) is 13.0. The largest absolute Gasteiger partial charge is 0.495 e. The van der Waals surface area contributed by atoms with Gasteiger partial charge in [0.2, 0.25) is 0 Å². The summed E-state index contributed by atoms with van der Waals surface area (Å²) in [4.78, 5) is 16.9. The predicted octanol–water partition coefficient (Wildman–Crippen LogP) is 4.19. The molecule has 0 unspecified atom stereocenters. The first-order valence-corrected chi connectivity index (χ1v) is 8.64. The Bertz CT molecular complexity index is 911. The second-order valence-corrected chi connectivity index (χ2v) is 6.33. The van der Waals surface area contributed by atoms with Crippen LogP contribution in [0.5, 0.6) is 5.75 Å². The first-order chi connectivity index (χ1) is 11.7. The van der Waals surface area contributed by atoms with Gasteiger partial charge in [0, 0.05) is 23.2 Å². The molecule has 122 valence electrons. The van der Waals surface area contributed by atoms with Crippen molar-refractivity contribution in [1.82, 2.24) is 9.55 Å². The first-order valence-electron chi connectivity index (χ1n) is 7.28. The Labute approximate surface area is 149 Å². The molecule has 0 aliphatic heterocycles. The molecule has 0 saturated heterocycles. The first kappa shape index (κ1) is 16.6. The van der Waals surface area contributed by atoms with Crippen LogP contribution in [-0.4, -0.2) is 16.7 Å². The summed E-state index contributed by atoms with van der Waals surface area (Å²) in [6.45, 7) is 0. The molecule has 0 atom stereocenters. The van der Waals surface area contributed by atoms with Crippen molar-refractivity contribution >= 4 is 23.4 Å². The van der Waals surface area contributed by atoms with Gasteiger partial charge in [-0.15, -0.1) is 0 Å². The highest BCUT2D eigenvalue weighted by Crippen LogP contribution is 2.25. The normalized spacial score (nSPS) is 10.6. The number of hydrogen-bond acceptors (Lipinski definition) is 4. The molecule has 0 aliphatic rings. The molecule has 0 saturated carbocycles. The van der Waals surface area contributed by atoms with E-state index in [1.165, 1.54) is 11.8 Å². The summed E-state index contributed by atoms with van der Waals surface area (Å²) in [6.07, 6.45) is 3.25. The van der Waals surface area contributed by atoms with Crippen LogP contribution in [0.3, 0.4) is 0 Å². The Hall–Kier alpha value is -2.24. The molecular formula is C18H15ClN2O2S. The predicted molar refractivity (Wildman–Crippen MR) is 97.4 cm³/mol. The minimum Gasteiger partial charge on any atom is -0.495 e. The van der Waals surface area contributed by atoms with Gasteiger partial charge >= 0.3 is 0 Å². The zero-order chi connectivity index (χ0) is 16.9. The molecule has 0 bridgehead atoms. The molecule has 1 aromatic heterocycles. The number of benzene rings is 2. The van der Waals surface area contributed by atoms with Crippen molar-refractivity contribution in [2.75, 3.05) is 7.11 Å². The average Bonchev–Trinajstić information content (AvgIpc) is 2.62. The Morgan fingerprint density at radius 1 is 1.17 bits per heavy atom. The van der Waals surface area contributed by atoms with Gasteiger partial charge in [-0.05, 0) is 23.8 Å². The molecule has 24 heavy (non-hydrogen) atoms. The summed E-state index contributed by atoms with van der Waals surface area (Å²) < 4.78 is 6.88. The number of halogens is 1. The van der Waals surface area contributed by atoms with Crippen LogP contribution >= 0.6 is 23.4 Å². The highest BCUT2D eigenvalue weighted by atomic mass is 35.5. The van der Waals surface area contributed by atoms with Crippen molar-refractivity contribution in [2.24, 2.45) is 0 Å². The summed E-state index contributed by atoms with van der Waals surface area (Å²) in [5.74, 6) is 1.21. The zero-order valence-corrected chi connectivity index (χ0v) is 14.6. The third-order valence-corrected chi connectivity index (χ3v) is 4.85. The van der Waals surface area contributed by atoms with Gasteiger partial charge in [0.1, 0.15) is 5.75 Å². The topological polar surface area (TPSA) is 44.1 Å². The fraction of sp³-hybridized carbons (Fsp3) is 0.111. The number of nitrogens with zero attached hydrogens (tertiary/aromatic N) is 2. The van der Waals surface area contributed by atoms with Gasteiger partial charge in [-0.3, -0.25) is 9.36 Å². The third-order valence-electron chi connectivity index (χ3n) is 3.48. The highest BCUT2D eigenvalue weighted by molar-refractivity contribution is 7.98. The monoisotopic (exact) mass is 358 g/mol. The summed E-state index contributed by atoms with van der Waals surface area (Å²) >= 11 is 7.53. The van der Waals surface area contributed by atoms with Crippen LogP contribution in [-0.2, 0) is 5.75 Å². The Balaban J connectivity index is 1.92. The van der Waals surface area contributed by atoms with E-state index in [1.807, 2.05) is 48.5 Å². The van der Waals surface area contributed by atoms with Gasteiger partial charge in [0.05, 0.1) is 12.8 Å². The number of ether oxygens (including phenoxy) is 1. The standard InChI is InChI=1S/C18H15ClN2O2S/c1-23-16-9-5-4-8-15(16)21-11-10-20-17(18(21)22)24-12-13-6-2-3-7-14(13)19/h2-11H,12H2,1H3. The molecule has 3 rings (SSSR count). The van der Waals surface area contributed by atoms with Crippen LogP contribution in [0.2, 0.25) is 5.02 Å². The van der Waals surface area contributed by atoms with Crippen LogP contribution in [0.1, 0.15) is 5.56 Å². The fourth-order valence-electron chi connectivity index (χ4n) is 2.27. The van der Waals surface area contributed by atoms with Crippen molar-refractivity contribution < 1.29 is 4.74 Å². The van der Waals surface area contributed by atoms with Crippen molar-refractivity contribution in [3.05, 3.63) is 81.9 Å². The lowest BCUT2D eigenvalue weighted by atomic mass is 10.2. The van der Waals surface area contributed by atoms with Gasteiger partial charge < -0.3 is 4.74 Å². The second kappa shape index (κ2) is 7.55. The number of methoxy groups -OCH3 is 1. The van der Waals surface area contributed by atoms with E-state index < -0.39 is 0 Å². The highest BCUT2D eigenvalue weighted by Gasteiger charge is 2.11. The van der Waals surface area contributed by atoms with Crippen LogP contribution < -0.4 is 10.3 Å². The molecule has 0 amide bonds. The molecule has 0 N–H and O–H groups in total. The molecule has 0 fully saturated rings. The number of rotatable bonds is 5. The molecule has 0 aliphatic carbocycles. The maximum Gasteiger partial charge on any atom is 0.287 e. The maximum absolute atomic E-state index is 12.7. The van der Waals surface area contributed by atoms with Crippen LogP contribution in [0.15, 0.2) is 70.7 Å². The lowest BCUT2D eigenvalue weighted by molar-refractivity contribution is 0.412. The second-order valence-electron chi connectivity index (χ2n) is 4.96. The minimum absolute atomic E-state index is 0.181. The molecule has 6 heteroatoms. The fourth-order valence-corrected chi connectivity index (χ4v) is 3.46. The van der Waals surface area contributed by atoms with E-state index in [-0.39, 0.29) is 5.56 Å². The Kier molecular flexibility index (Phi) is 5.23. The SMILES string of the molecule is COc1ccccc1-n1ccnc(SCc2ccccc2Cl)c1=O. The summed E-state index contributed by atoms with van der Waals surface area (Å²) in [5.41, 5.74) is 1.48. The summed E-state index contributed by atoms with van der Waals surface area (Å²) in [6, 6.07) is 15.0. The van der Waals surface area contributed by atoms with Crippen molar-refractivity contribution in [3.63, 3.8) is 0 Å². The molecule has 1 heterocycles. The van der Waals surface area contributed by atoms with E-state index in [2.05, 4.69) is 4.98 Å². The maximum atomic E-state index is 12.7. The molecule has 0 spiro atoms. The summed E-state index contributed by atoms with van der Waals surface area (Å²) in [7, 11) is 1.58. The lowest BCUT2D eigenvalue weighted by Crippen LogP contribution is -2.20. The smallest absolute Gasteiger partial charge is 0.287 e. The number of thioether (sulfide) groups is 1. The molecular weight excluding hydrogens is 344 g/mol. The number of para-hydroxylation sites is 2. The van der Waals surface area contributed by atoms with E-state index in [4.69, 9.17) is 16.3 Å². The number of aromatic nitrogens is 2. The molecule has 0 radical (unpaired) electrons. The molecule has 2 aromatic carbocycles. The molecule has 3 aromatic rings. The van der Waals surface area contributed by atoms with E-state index in [0.717, 1.165) is 5.56 Å². The lowest BCUT2D eigenvalue weighted by Gasteiger charge is -2.11. The van der Waals surface area contributed by atoms with E-state index in [1.54, 1.807) is 24.1 Å². The van der Waals surface area contributed by atoms with Gasteiger partial charge in [-0.25, -0.2) is 4.98 Å². The number of hydrogen-bond donors (Lipinski definition) is 0. The Morgan fingerprint density at radius 2 is 1.92 bits per heavy atom. The van der Waals surface area contributed by atoms with Crippen molar-refractivity contribution in [2.45, 2.75) is 10.8 Å². The third kappa shape index (κ3) is 3.47. The van der Waals surface area contributed by atoms with E-state index in [0.29, 0.717) is 27.2 Å². The van der Waals surface area contributed by atoms with Gasteiger partial charge in [0.25, 0.3) is 5.56 Å². The van der Waals surface area contributed by atoms with E-state index >= 15 is 0 Å².